The predicted molar refractivity (Wildman–Crippen MR) is 42.0 cm³/mol. The lowest BCUT2D eigenvalue weighted by Crippen LogP contribution is -2.43. The third-order valence-electron chi connectivity index (χ3n) is 1.41. The van der Waals surface area contributed by atoms with Crippen molar-refractivity contribution in [1.82, 2.24) is 5.32 Å². The molecular formula is C5H8INO2. The molecule has 0 aromatic rings. The van der Waals surface area contributed by atoms with Crippen LogP contribution in [0, 0.1) is 0 Å². The maximum Gasteiger partial charge on any atom is 0.404 e. The standard InChI is InChI=1S/C5H8INO2/c6-3-1-4(2-3)7-5(8)9/h3-4,7H,1-2H2,(H,8,9). The van der Waals surface area contributed by atoms with Gasteiger partial charge in [-0.2, -0.15) is 0 Å². The summed E-state index contributed by atoms with van der Waals surface area (Å²) < 4.78 is 0.680. The lowest BCUT2D eigenvalue weighted by molar-refractivity contribution is 0.183. The highest BCUT2D eigenvalue weighted by Gasteiger charge is 2.27. The molecule has 1 fully saturated rings. The van der Waals surface area contributed by atoms with E-state index in [0.29, 0.717) is 3.92 Å². The number of carboxylic acid groups (broad SMARTS) is 1. The Morgan fingerprint density at radius 3 is 2.56 bits per heavy atom. The molecule has 52 valence electrons. The van der Waals surface area contributed by atoms with Gasteiger partial charge in [-0.15, -0.1) is 0 Å². The Balaban J connectivity index is 2.11. The minimum absolute atomic E-state index is 0.226. The molecule has 0 aromatic heterocycles. The van der Waals surface area contributed by atoms with E-state index in [0.717, 1.165) is 12.8 Å². The minimum Gasteiger partial charge on any atom is -0.465 e. The molecule has 3 nitrogen and oxygen atoms in total. The fourth-order valence-electron chi connectivity index (χ4n) is 0.841. The monoisotopic (exact) mass is 241 g/mol. The molecule has 9 heavy (non-hydrogen) atoms. The zero-order valence-corrected chi connectivity index (χ0v) is 6.96. The summed E-state index contributed by atoms with van der Waals surface area (Å²) in [5.74, 6) is 0. The van der Waals surface area contributed by atoms with Gasteiger partial charge in [0, 0.05) is 9.97 Å². The largest absolute Gasteiger partial charge is 0.465 e. The summed E-state index contributed by atoms with van der Waals surface area (Å²) in [4.78, 5) is 10.00. The molecule has 0 unspecified atom stereocenters. The average Bonchev–Trinajstić information content (AvgIpc) is 1.60. The van der Waals surface area contributed by atoms with Crippen LogP contribution in [-0.4, -0.2) is 21.2 Å². The first-order chi connectivity index (χ1) is 4.18. The number of amides is 1. The fraction of sp³-hybridized carbons (Fsp3) is 0.800. The summed E-state index contributed by atoms with van der Waals surface area (Å²) in [5, 5.41) is 10.6. The van der Waals surface area contributed by atoms with Gasteiger partial charge in [0.15, 0.2) is 0 Å². The quantitative estimate of drug-likeness (QED) is 0.535. The number of halogens is 1. The van der Waals surface area contributed by atoms with E-state index in [1.165, 1.54) is 0 Å². The summed E-state index contributed by atoms with van der Waals surface area (Å²) in [6.45, 7) is 0. The van der Waals surface area contributed by atoms with Crippen molar-refractivity contribution >= 4 is 28.7 Å². The van der Waals surface area contributed by atoms with Gasteiger partial charge < -0.3 is 10.4 Å². The second-order valence-electron chi connectivity index (χ2n) is 2.22. The Morgan fingerprint density at radius 1 is 1.67 bits per heavy atom. The molecule has 0 aliphatic heterocycles. The molecular weight excluding hydrogens is 233 g/mol. The third-order valence-corrected chi connectivity index (χ3v) is 2.43. The number of hydrogen-bond acceptors (Lipinski definition) is 1. The van der Waals surface area contributed by atoms with E-state index in [9.17, 15) is 4.79 Å². The first kappa shape index (κ1) is 7.11. The summed E-state index contributed by atoms with van der Waals surface area (Å²) in [5.41, 5.74) is 0. The van der Waals surface area contributed by atoms with Crippen LogP contribution in [0.2, 0.25) is 0 Å². The van der Waals surface area contributed by atoms with Crippen LogP contribution in [0.1, 0.15) is 12.8 Å². The normalized spacial score (nSPS) is 33.0. The van der Waals surface area contributed by atoms with Gasteiger partial charge in [-0.3, -0.25) is 0 Å². The van der Waals surface area contributed by atoms with Gasteiger partial charge in [-0.1, -0.05) is 22.6 Å². The lowest BCUT2D eigenvalue weighted by atomic mass is 9.93. The Hall–Kier alpha value is 0. The highest BCUT2D eigenvalue weighted by Crippen LogP contribution is 2.27. The molecule has 0 atom stereocenters. The van der Waals surface area contributed by atoms with Crippen molar-refractivity contribution in [2.45, 2.75) is 22.8 Å². The van der Waals surface area contributed by atoms with E-state index in [-0.39, 0.29) is 6.04 Å². The zero-order valence-electron chi connectivity index (χ0n) is 4.80. The van der Waals surface area contributed by atoms with Gasteiger partial charge in [-0.05, 0) is 12.8 Å². The maximum atomic E-state index is 10.00. The van der Waals surface area contributed by atoms with E-state index >= 15 is 0 Å². The molecule has 0 aromatic carbocycles. The molecule has 1 aliphatic carbocycles. The summed E-state index contributed by atoms with van der Waals surface area (Å²) >= 11 is 2.32. The molecule has 0 spiro atoms. The van der Waals surface area contributed by atoms with Crippen molar-refractivity contribution in [2.24, 2.45) is 0 Å². The fourth-order valence-corrected chi connectivity index (χ4v) is 2.07. The first-order valence-corrected chi connectivity index (χ1v) is 4.06. The number of nitrogens with one attached hydrogen (secondary N) is 1. The summed E-state index contributed by atoms with van der Waals surface area (Å²) in [6.07, 6.45) is 1.09. The van der Waals surface area contributed by atoms with Crippen molar-refractivity contribution < 1.29 is 9.90 Å². The number of alkyl halides is 1. The molecule has 1 aliphatic rings. The van der Waals surface area contributed by atoms with E-state index in [4.69, 9.17) is 5.11 Å². The maximum absolute atomic E-state index is 10.00. The summed E-state index contributed by atoms with van der Waals surface area (Å²) in [6, 6.07) is 0.226. The second kappa shape index (κ2) is 2.72. The smallest absolute Gasteiger partial charge is 0.404 e. The van der Waals surface area contributed by atoms with Gasteiger partial charge in [0.2, 0.25) is 0 Å². The van der Waals surface area contributed by atoms with Crippen LogP contribution in [0.25, 0.3) is 0 Å². The summed E-state index contributed by atoms with van der Waals surface area (Å²) in [7, 11) is 0. The van der Waals surface area contributed by atoms with Crippen molar-refractivity contribution in [3.05, 3.63) is 0 Å². The molecule has 1 saturated carbocycles. The van der Waals surface area contributed by atoms with Gasteiger partial charge >= 0.3 is 6.09 Å². The Kier molecular flexibility index (Phi) is 2.15. The van der Waals surface area contributed by atoms with Crippen LogP contribution in [0.15, 0.2) is 0 Å². The Morgan fingerprint density at radius 2 is 2.22 bits per heavy atom. The van der Waals surface area contributed by atoms with Crippen LogP contribution in [0.3, 0.4) is 0 Å². The van der Waals surface area contributed by atoms with Gasteiger partial charge in [0.05, 0.1) is 0 Å². The lowest BCUT2D eigenvalue weighted by Gasteiger charge is -2.30. The second-order valence-corrected chi connectivity index (χ2v) is 3.98. The van der Waals surface area contributed by atoms with Gasteiger partial charge in [0.25, 0.3) is 0 Å². The zero-order chi connectivity index (χ0) is 6.85. The van der Waals surface area contributed by atoms with Crippen molar-refractivity contribution in [1.29, 1.82) is 0 Å². The minimum atomic E-state index is -0.900. The van der Waals surface area contributed by atoms with E-state index < -0.39 is 6.09 Å². The van der Waals surface area contributed by atoms with Gasteiger partial charge in [-0.25, -0.2) is 4.79 Å². The molecule has 4 heteroatoms. The van der Waals surface area contributed by atoms with Gasteiger partial charge in [0.1, 0.15) is 0 Å². The van der Waals surface area contributed by atoms with Crippen LogP contribution < -0.4 is 5.32 Å². The molecule has 0 radical (unpaired) electrons. The molecule has 1 amide bonds. The van der Waals surface area contributed by atoms with E-state index in [2.05, 4.69) is 27.9 Å². The van der Waals surface area contributed by atoms with Crippen molar-refractivity contribution in [2.75, 3.05) is 0 Å². The van der Waals surface area contributed by atoms with Crippen LogP contribution in [0.4, 0.5) is 4.79 Å². The first-order valence-electron chi connectivity index (χ1n) is 2.82. The SMILES string of the molecule is O=C(O)NC1CC(I)C1. The van der Waals surface area contributed by atoms with Crippen LogP contribution in [-0.2, 0) is 0 Å². The predicted octanol–water partition coefficient (Wildman–Crippen LogP) is 1.22. The van der Waals surface area contributed by atoms with Crippen LogP contribution >= 0.6 is 22.6 Å². The van der Waals surface area contributed by atoms with Crippen molar-refractivity contribution in [3.63, 3.8) is 0 Å². The number of hydrogen-bond donors (Lipinski definition) is 2. The topological polar surface area (TPSA) is 49.3 Å². The van der Waals surface area contributed by atoms with Crippen molar-refractivity contribution in [3.8, 4) is 0 Å². The van der Waals surface area contributed by atoms with Crippen LogP contribution in [0.5, 0.6) is 0 Å². The van der Waals surface area contributed by atoms with E-state index in [1.54, 1.807) is 0 Å². The molecule has 2 N–H and O–H groups in total. The molecule has 0 heterocycles. The Bertz CT molecular complexity index is 122. The average molecular weight is 241 g/mol. The highest BCUT2D eigenvalue weighted by atomic mass is 127. The number of carbonyl (C=O) groups is 1. The molecule has 1 rings (SSSR count). The highest BCUT2D eigenvalue weighted by molar-refractivity contribution is 14.1. The molecule has 0 bridgehead atoms. The van der Waals surface area contributed by atoms with E-state index in [1.807, 2.05) is 0 Å². The third kappa shape index (κ3) is 2.00. The molecule has 0 saturated heterocycles. The Labute approximate surface area is 67.0 Å². The number of rotatable bonds is 1.